The molecule has 0 amide bonds. The number of nitro benzene ring substituents is 1. The molecule has 1 atom stereocenters. The summed E-state index contributed by atoms with van der Waals surface area (Å²) in [6, 6.07) is 6.52. The lowest BCUT2D eigenvalue weighted by molar-refractivity contribution is -0.385. The van der Waals surface area contributed by atoms with Crippen LogP contribution in [0, 0.1) is 10.1 Å². The number of rotatable bonds is 6. The maximum absolute atomic E-state index is 10.7. The standard InChI is InChI=1S/C11H13NO4S/c1-8(11(13)14)17-7-6-9-4-2-3-5-10(9)12(15)16/h2-5,8H,6-7H2,1H3,(H,13,14). The van der Waals surface area contributed by atoms with Crippen molar-refractivity contribution in [2.24, 2.45) is 0 Å². The SMILES string of the molecule is CC(SCCc1ccccc1[N+](=O)[O-])C(=O)O. The molecular weight excluding hydrogens is 242 g/mol. The lowest BCUT2D eigenvalue weighted by Crippen LogP contribution is -2.12. The first-order valence-corrected chi connectivity index (χ1v) is 6.14. The van der Waals surface area contributed by atoms with E-state index in [0.29, 0.717) is 17.7 Å². The van der Waals surface area contributed by atoms with Crippen molar-refractivity contribution in [3.8, 4) is 0 Å². The third-order valence-electron chi connectivity index (χ3n) is 2.28. The molecule has 1 N–H and O–H groups in total. The minimum absolute atomic E-state index is 0.0936. The highest BCUT2D eigenvalue weighted by molar-refractivity contribution is 8.00. The van der Waals surface area contributed by atoms with E-state index in [-0.39, 0.29) is 5.69 Å². The molecule has 0 saturated heterocycles. The zero-order valence-electron chi connectivity index (χ0n) is 9.33. The molecule has 6 heteroatoms. The number of carboxylic acids is 1. The molecule has 0 aliphatic heterocycles. The van der Waals surface area contributed by atoms with Gasteiger partial charge in [0.25, 0.3) is 5.69 Å². The second kappa shape index (κ2) is 6.24. The summed E-state index contributed by atoms with van der Waals surface area (Å²) in [6.07, 6.45) is 0.499. The zero-order valence-corrected chi connectivity index (χ0v) is 10.1. The van der Waals surface area contributed by atoms with Crippen molar-refractivity contribution in [3.05, 3.63) is 39.9 Å². The number of hydrogen-bond acceptors (Lipinski definition) is 4. The Morgan fingerprint density at radius 1 is 1.53 bits per heavy atom. The normalized spacial score (nSPS) is 12.1. The van der Waals surface area contributed by atoms with Gasteiger partial charge < -0.3 is 5.11 Å². The molecule has 0 fully saturated rings. The van der Waals surface area contributed by atoms with Crippen molar-refractivity contribution in [2.75, 3.05) is 5.75 Å². The number of thioether (sulfide) groups is 1. The van der Waals surface area contributed by atoms with Gasteiger partial charge in [0.15, 0.2) is 0 Å². The molecule has 0 spiro atoms. The molecule has 92 valence electrons. The van der Waals surface area contributed by atoms with Crippen molar-refractivity contribution in [3.63, 3.8) is 0 Å². The molecule has 0 bridgehead atoms. The zero-order chi connectivity index (χ0) is 12.8. The molecular formula is C11H13NO4S. The quantitative estimate of drug-likeness (QED) is 0.623. The van der Waals surface area contributed by atoms with Crippen LogP contribution in [0.4, 0.5) is 5.69 Å². The van der Waals surface area contributed by atoms with Crippen LogP contribution in [0.25, 0.3) is 0 Å². The van der Waals surface area contributed by atoms with E-state index in [2.05, 4.69) is 0 Å². The van der Waals surface area contributed by atoms with E-state index < -0.39 is 16.1 Å². The molecule has 1 rings (SSSR count). The maximum atomic E-state index is 10.7. The Morgan fingerprint density at radius 3 is 2.76 bits per heavy atom. The maximum Gasteiger partial charge on any atom is 0.316 e. The predicted molar refractivity (Wildman–Crippen MR) is 66.4 cm³/mol. The number of hydrogen-bond donors (Lipinski definition) is 1. The Hall–Kier alpha value is -1.56. The van der Waals surface area contributed by atoms with Crippen LogP contribution in [-0.2, 0) is 11.2 Å². The smallest absolute Gasteiger partial charge is 0.316 e. The first-order valence-electron chi connectivity index (χ1n) is 5.09. The number of para-hydroxylation sites is 1. The molecule has 0 aliphatic carbocycles. The number of nitrogens with zero attached hydrogens (tertiary/aromatic N) is 1. The van der Waals surface area contributed by atoms with E-state index in [4.69, 9.17) is 5.11 Å². The summed E-state index contributed by atoms with van der Waals surface area (Å²) in [6.45, 7) is 1.60. The fourth-order valence-electron chi connectivity index (χ4n) is 1.32. The third-order valence-corrected chi connectivity index (χ3v) is 3.42. The largest absolute Gasteiger partial charge is 0.480 e. The highest BCUT2D eigenvalue weighted by Crippen LogP contribution is 2.20. The van der Waals surface area contributed by atoms with Gasteiger partial charge in [-0.05, 0) is 19.1 Å². The lowest BCUT2D eigenvalue weighted by Gasteiger charge is -2.06. The third kappa shape index (κ3) is 4.07. The van der Waals surface area contributed by atoms with Gasteiger partial charge in [0.2, 0.25) is 0 Å². The average molecular weight is 255 g/mol. The minimum atomic E-state index is -0.863. The highest BCUT2D eigenvalue weighted by Gasteiger charge is 2.14. The molecule has 0 heterocycles. The van der Waals surface area contributed by atoms with Crippen LogP contribution in [0.5, 0.6) is 0 Å². The molecule has 1 aromatic rings. The molecule has 1 unspecified atom stereocenters. The Labute approximate surface area is 103 Å². The van der Waals surface area contributed by atoms with Crippen LogP contribution in [0.2, 0.25) is 0 Å². The van der Waals surface area contributed by atoms with Crippen molar-refractivity contribution in [1.82, 2.24) is 0 Å². The Bertz CT molecular complexity index is 422. The van der Waals surface area contributed by atoms with E-state index >= 15 is 0 Å². The van der Waals surface area contributed by atoms with E-state index in [1.807, 2.05) is 0 Å². The van der Waals surface area contributed by atoms with E-state index in [9.17, 15) is 14.9 Å². The first kappa shape index (κ1) is 13.5. The van der Waals surface area contributed by atoms with E-state index in [0.717, 1.165) is 0 Å². The molecule has 0 saturated carbocycles. The van der Waals surface area contributed by atoms with Crippen LogP contribution >= 0.6 is 11.8 Å². The van der Waals surface area contributed by atoms with Crippen LogP contribution in [-0.4, -0.2) is 27.0 Å². The van der Waals surface area contributed by atoms with Gasteiger partial charge in [-0.2, -0.15) is 0 Å². The van der Waals surface area contributed by atoms with Gasteiger partial charge >= 0.3 is 5.97 Å². The van der Waals surface area contributed by atoms with Crippen molar-refractivity contribution < 1.29 is 14.8 Å². The second-order valence-corrected chi connectivity index (χ2v) is 4.94. The van der Waals surface area contributed by atoms with Crippen molar-refractivity contribution in [1.29, 1.82) is 0 Å². The molecule has 1 aromatic carbocycles. The number of benzene rings is 1. The van der Waals surface area contributed by atoms with Gasteiger partial charge in [-0.1, -0.05) is 18.2 Å². The summed E-state index contributed by atoms with van der Waals surface area (Å²) in [4.78, 5) is 20.9. The second-order valence-electron chi connectivity index (χ2n) is 3.49. The topological polar surface area (TPSA) is 80.4 Å². The van der Waals surface area contributed by atoms with Gasteiger partial charge in [0.05, 0.1) is 10.2 Å². The Kier molecular flexibility index (Phi) is 4.96. The number of aliphatic carboxylic acids is 1. The molecule has 0 aliphatic rings. The van der Waals surface area contributed by atoms with Gasteiger partial charge in [-0.3, -0.25) is 14.9 Å². The summed E-state index contributed by atoms with van der Waals surface area (Å²) < 4.78 is 0. The predicted octanol–water partition coefficient (Wildman–Crippen LogP) is 2.34. The number of aryl methyl sites for hydroxylation is 1. The van der Waals surface area contributed by atoms with Crippen LogP contribution in [0.15, 0.2) is 24.3 Å². The first-order chi connectivity index (χ1) is 8.02. The number of nitro groups is 1. The van der Waals surface area contributed by atoms with Gasteiger partial charge in [0, 0.05) is 11.6 Å². The summed E-state index contributed by atoms with van der Waals surface area (Å²) in [5.74, 6) is -0.309. The summed E-state index contributed by atoms with van der Waals surface area (Å²) in [7, 11) is 0. The number of carbonyl (C=O) groups is 1. The Morgan fingerprint density at radius 2 is 2.18 bits per heavy atom. The van der Waals surface area contributed by atoms with E-state index in [1.165, 1.54) is 17.8 Å². The monoisotopic (exact) mass is 255 g/mol. The van der Waals surface area contributed by atoms with Crippen molar-refractivity contribution >= 4 is 23.4 Å². The molecule has 0 radical (unpaired) electrons. The summed E-state index contributed by atoms with van der Waals surface area (Å²) >= 11 is 1.28. The highest BCUT2D eigenvalue weighted by atomic mass is 32.2. The van der Waals surface area contributed by atoms with Gasteiger partial charge in [-0.15, -0.1) is 11.8 Å². The Balaban J connectivity index is 2.58. The van der Waals surface area contributed by atoms with Crippen molar-refractivity contribution in [2.45, 2.75) is 18.6 Å². The fourth-order valence-corrected chi connectivity index (χ4v) is 2.15. The summed E-state index contributed by atoms with van der Waals surface area (Å²) in [5, 5.41) is 18.9. The molecule has 5 nitrogen and oxygen atoms in total. The van der Waals surface area contributed by atoms with Gasteiger partial charge in [0.1, 0.15) is 0 Å². The van der Waals surface area contributed by atoms with E-state index in [1.54, 1.807) is 25.1 Å². The number of carboxylic acid groups (broad SMARTS) is 1. The average Bonchev–Trinajstić information content (AvgIpc) is 2.29. The fraction of sp³-hybridized carbons (Fsp3) is 0.364. The summed E-state index contributed by atoms with van der Waals surface area (Å²) in [5.41, 5.74) is 0.735. The van der Waals surface area contributed by atoms with Crippen LogP contribution in [0.1, 0.15) is 12.5 Å². The van der Waals surface area contributed by atoms with Crippen LogP contribution in [0.3, 0.4) is 0 Å². The lowest BCUT2D eigenvalue weighted by atomic mass is 10.1. The minimum Gasteiger partial charge on any atom is -0.480 e. The van der Waals surface area contributed by atoms with Crippen LogP contribution < -0.4 is 0 Å². The van der Waals surface area contributed by atoms with Gasteiger partial charge in [-0.25, -0.2) is 0 Å². The molecule has 0 aromatic heterocycles. The molecule has 17 heavy (non-hydrogen) atoms.